The Bertz CT molecular complexity index is 485. The quantitative estimate of drug-likeness (QED) is 0.890. The number of halogens is 2. The molecule has 0 unspecified atom stereocenters. The van der Waals surface area contributed by atoms with Gasteiger partial charge in [0.25, 0.3) is 0 Å². The van der Waals surface area contributed by atoms with Crippen LogP contribution in [0.15, 0.2) is 12.1 Å². The van der Waals surface area contributed by atoms with Gasteiger partial charge in [0.2, 0.25) is 0 Å². The summed E-state index contributed by atoms with van der Waals surface area (Å²) in [6, 6.07) is 1.88. The highest BCUT2D eigenvalue weighted by molar-refractivity contribution is 5.37. The van der Waals surface area contributed by atoms with E-state index in [2.05, 4.69) is 10.2 Å². The molecule has 1 heterocycles. The van der Waals surface area contributed by atoms with Crippen LogP contribution < -0.4 is 5.32 Å². The van der Waals surface area contributed by atoms with E-state index in [9.17, 15) is 13.9 Å². The number of rotatable bonds is 4. The summed E-state index contributed by atoms with van der Waals surface area (Å²) >= 11 is 0. The minimum Gasteiger partial charge on any atom is -0.505 e. The van der Waals surface area contributed by atoms with Gasteiger partial charge < -0.3 is 10.4 Å². The molecule has 0 amide bonds. The first kappa shape index (κ1) is 13.8. The number of aromatic hydroxyl groups is 1. The Hall–Kier alpha value is -1.20. The molecule has 0 aromatic heterocycles. The highest BCUT2D eigenvalue weighted by atomic mass is 19.1. The van der Waals surface area contributed by atoms with Crippen molar-refractivity contribution >= 4 is 0 Å². The fourth-order valence-corrected chi connectivity index (χ4v) is 2.99. The smallest absolute Gasteiger partial charge is 0.165 e. The first-order chi connectivity index (χ1) is 9.66. The van der Waals surface area contributed by atoms with E-state index in [0.29, 0.717) is 5.92 Å². The Balaban J connectivity index is 1.93. The molecule has 0 spiro atoms. The van der Waals surface area contributed by atoms with Crippen LogP contribution in [0.3, 0.4) is 0 Å². The Morgan fingerprint density at radius 1 is 1.20 bits per heavy atom. The molecule has 1 aliphatic carbocycles. The van der Waals surface area contributed by atoms with Crippen LogP contribution in [0.4, 0.5) is 8.78 Å². The van der Waals surface area contributed by atoms with Gasteiger partial charge in [-0.15, -0.1) is 0 Å². The Labute approximate surface area is 117 Å². The number of nitrogens with one attached hydrogen (secondary N) is 1. The summed E-state index contributed by atoms with van der Waals surface area (Å²) in [5, 5.41) is 13.2. The molecule has 1 aromatic rings. The van der Waals surface area contributed by atoms with Crippen LogP contribution in [-0.4, -0.2) is 36.2 Å². The van der Waals surface area contributed by atoms with E-state index in [-0.39, 0.29) is 11.6 Å². The molecule has 5 heteroatoms. The van der Waals surface area contributed by atoms with Crippen molar-refractivity contribution in [1.29, 1.82) is 0 Å². The molecule has 110 valence electrons. The summed E-state index contributed by atoms with van der Waals surface area (Å²) < 4.78 is 27.7. The first-order valence-corrected chi connectivity index (χ1v) is 7.28. The maximum Gasteiger partial charge on any atom is 0.165 e. The Morgan fingerprint density at radius 2 is 1.85 bits per heavy atom. The van der Waals surface area contributed by atoms with Gasteiger partial charge in [-0.2, -0.15) is 0 Å². The highest BCUT2D eigenvalue weighted by Gasteiger charge is 2.34. The summed E-state index contributed by atoms with van der Waals surface area (Å²) in [7, 11) is 0. The van der Waals surface area contributed by atoms with Gasteiger partial charge >= 0.3 is 0 Å². The van der Waals surface area contributed by atoms with Gasteiger partial charge in [0.1, 0.15) is 5.82 Å². The van der Waals surface area contributed by atoms with Crippen LogP contribution in [0.2, 0.25) is 0 Å². The standard InChI is InChI=1S/C15H20F2N2O/c16-11-3-4-12(17)15(20)14(11)13(9-10-1-2-10)19-7-5-18-6-8-19/h3-4,10,13,18,20H,1-2,5-9H2/t13-/m1/s1. The zero-order valence-electron chi connectivity index (χ0n) is 11.4. The van der Waals surface area contributed by atoms with Crippen LogP contribution in [0.25, 0.3) is 0 Å². The third-order valence-electron chi connectivity index (χ3n) is 4.29. The van der Waals surface area contributed by atoms with E-state index in [1.807, 2.05) is 0 Å². The molecule has 2 N–H and O–H groups in total. The Kier molecular flexibility index (Phi) is 3.89. The first-order valence-electron chi connectivity index (χ1n) is 7.28. The minimum atomic E-state index is -0.739. The highest BCUT2D eigenvalue weighted by Crippen LogP contribution is 2.43. The molecule has 0 bridgehead atoms. The lowest BCUT2D eigenvalue weighted by atomic mass is 9.97. The monoisotopic (exact) mass is 282 g/mol. The van der Waals surface area contributed by atoms with Crippen LogP contribution in [0.5, 0.6) is 5.75 Å². The lowest BCUT2D eigenvalue weighted by Crippen LogP contribution is -2.45. The van der Waals surface area contributed by atoms with E-state index >= 15 is 0 Å². The van der Waals surface area contributed by atoms with Crippen molar-refractivity contribution in [3.63, 3.8) is 0 Å². The average molecular weight is 282 g/mol. The maximum atomic E-state index is 14.1. The number of piperazine rings is 1. The number of hydrogen-bond acceptors (Lipinski definition) is 3. The molecule has 1 aliphatic heterocycles. The number of phenolic OH excluding ortho intramolecular Hbond substituents is 1. The van der Waals surface area contributed by atoms with Crippen molar-refractivity contribution < 1.29 is 13.9 Å². The van der Waals surface area contributed by atoms with Crippen molar-refractivity contribution in [2.75, 3.05) is 26.2 Å². The summed E-state index contributed by atoms with van der Waals surface area (Å²) in [5.74, 6) is -1.18. The maximum absolute atomic E-state index is 14.1. The molecule has 1 saturated carbocycles. The molecule has 20 heavy (non-hydrogen) atoms. The molecule has 0 radical (unpaired) electrons. The van der Waals surface area contributed by atoms with Gasteiger partial charge in [0, 0.05) is 37.8 Å². The van der Waals surface area contributed by atoms with Crippen LogP contribution in [0.1, 0.15) is 30.9 Å². The molecule has 1 saturated heterocycles. The Morgan fingerprint density at radius 3 is 2.50 bits per heavy atom. The lowest BCUT2D eigenvalue weighted by molar-refractivity contribution is 0.154. The van der Waals surface area contributed by atoms with Gasteiger partial charge in [-0.1, -0.05) is 12.8 Å². The molecule has 2 fully saturated rings. The second-order valence-electron chi connectivity index (χ2n) is 5.77. The van der Waals surface area contributed by atoms with Crippen molar-refractivity contribution in [2.24, 2.45) is 5.92 Å². The van der Waals surface area contributed by atoms with E-state index < -0.39 is 17.4 Å². The lowest BCUT2D eigenvalue weighted by Gasteiger charge is -2.35. The van der Waals surface area contributed by atoms with Crippen LogP contribution >= 0.6 is 0 Å². The second-order valence-corrected chi connectivity index (χ2v) is 5.77. The predicted octanol–water partition coefficient (Wildman–Crippen LogP) is 2.42. The average Bonchev–Trinajstić information content (AvgIpc) is 3.27. The molecule has 1 atom stereocenters. The summed E-state index contributed by atoms with van der Waals surface area (Å²) in [6.45, 7) is 3.29. The van der Waals surface area contributed by atoms with Crippen molar-refractivity contribution in [2.45, 2.75) is 25.3 Å². The fraction of sp³-hybridized carbons (Fsp3) is 0.600. The van der Waals surface area contributed by atoms with Gasteiger partial charge in [-0.05, 0) is 24.5 Å². The van der Waals surface area contributed by atoms with Crippen LogP contribution in [-0.2, 0) is 0 Å². The number of benzene rings is 1. The third kappa shape index (κ3) is 2.79. The largest absolute Gasteiger partial charge is 0.505 e. The molecule has 3 nitrogen and oxygen atoms in total. The SMILES string of the molecule is Oc1c(F)ccc(F)c1[C@@H](CC1CC1)N1CCNCC1. The van der Waals surface area contributed by atoms with Crippen molar-refractivity contribution in [3.05, 3.63) is 29.3 Å². The van der Waals surface area contributed by atoms with Crippen molar-refractivity contribution in [3.8, 4) is 5.75 Å². The second kappa shape index (κ2) is 5.66. The summed E-state index contributed by atoms with van der Waals surface area (Å²) in [5.41, 5.74) is 0.138. The normalized spacial score (nSPS) is 21.9. The fourth-order valence-electron chi connectivity index (χ4n) is 2.99. The van der Waals surface area contributed by atoms with Crippen molar-refractivity contribution in [1.82, 2.24) is 10.2 Å². The predicted molar refractivity (Wildman–Crippen MR) is 72.5 cm³/mol. The van der Waals surface area contributed by atoms with Gasteiger partial charge in [-0.25, -0.2) is 8.78 Å². The topological polar surface area (TPSA) is 35.5 Å². The summed E-state index contributed by atoms with van der Waals surface area (Å²) in [6.07, 6.45) is 3.11. The number of phenols is 1. The molecular weight excluding hydrogens is 262 g/mol. The molecule has 3 rings (SSSR count). The summed E-state index contributed by atoms with van der Waals surface area (Å²) in [4.78, 5) is 2.16. The van der Waals surface area contributed by atoms with Crippen LogP contribution in [0, 0.1) is 17.6 Å². The molecular formula is C15H20F2N2O. The van der Waals surface area contributed by atoms with Gasteiger partial charge in [0.15, 0.2) is 11.6 Å². The minimum absolute atomic E-state index is 0.138. The van der Waals surface area contributed by atoms with E-state index in [1.165, 1.54) is 0 Å². The van der Waals surface area contributed by atoms with E-state index in [4.69, 9.17) is 0 Å². The molecule has 1 aromatic carbocycles. The van der Waals surface area contributed by atoms with Gasteiger partial charge in [0.05, 0.1) is 0 Å². The zero-order chi connectivity index (χ0) is 14.1. The molecule has 2 aliphatic rings. The van der Waals surface area contributed by atoms with Gasteiger partial charge in [-0.3, -0.25) is 4.90 Å². The zero-order valence-corrected chi connectivity index (χ0v) is 11.4. The third-order valence-corrected chi connectivity index (χ3v) is 4.29. The van der Waals surface area contributed by atoms with E-state index in [1.54, 1.807) is 0 Å². The number of nitrogens with zero attached hydrogens (tertiary/aromatic N) is 1. The van der Waals surface area contributed by atoms with E-state index in [0.717, 1.165) is 57.6 Å². The number of hydrogen-bond donors (Lipinski definition) is 2.